The molecule has 7 heteroatoms. The number of alkyl halides is 3. The summed E-state index contributed by atoms with van der Waals surface area (Å²) in [6.07, 6.45) is -4.45. The average molecular weight is 320 g/mol. The Morgan fingerprint density at radius 3 is 2.57 bits per heavy atom. The van der Waals surface area contributed by atoms with E-state index in [2.05, 4.69) is 5.16 Å². The lowest BCUT2D eigenvalue weighted by atomic mass is 10.0. The molecule has 0 aliphatic heterocycles. The van der Waals surface area contributed by atoms with Crippen molar-refractivity contribution in [3.05, 3.63) is 65.2 Å². The second-order valence-electron chi connectivity index (χ2n) is 4.53. The van der Waals surface area contributed by atoms with Crippen molar-refractivity contribution in [3.8, 4) is 11.8 Å². The quantitative estimate of drug-likeness (QED) is 0.526. The van der Waals surface area contributed by atoms with E-state index in [0.29, 0.717) is 11.1 Å². The predicted molar refractivity (Wildman–Crippen MR) is 76.2 cm³/mol. The molecule has 23 heavy (non-hydrogen) atoms. The molecule has 0 aliphatic carbocycles. The van der Waals surface area contributed by atoms with Gasteiger partial charge in [-0.05, 0) is 23.8 Å². The number of rotatable bonds is 4. The Morgan fingerprint density at radius 2 is 1.91 bits per heavy atom. The van der Waals surface area contributed by atoms with E-state index in [1.807, 2.05) is 0 Å². The lowest BCUT2D eigenvalue weighted by Crippen LogP contribution is -2.07. The minimum atomic E-state index is -4.45. The van der Waals surface area contributed by atoms with E-state index in [9.17, 15) is 13.2 Å². The SMILES string of the molecule is N#CC(=NO)c1ccccc1COc1cccc(C(F)(F)F)c1. The van der Waals surface area contributed by atoms with Crippen LogP contribution in [0, 0.1) is 11.3 Å². The number of oxime groups is 1. The van der Waals surface area contributed by atoms with Gasteiger partial charge in [0.25, 0.3) is 0 Å². The third-order valence-corrected chi connectivity index (χ3v) is 3.03. The first-order chi connectivity index (χ1) is 11.0. The molecule has 0 unspecified atom stereocenters. The molecule has 118 valence electrons. The molecule has 0 bridgehead atoms. The lowest BCUT2D eigenvalue weighted by molar-refractivity contribution is -0.137. The van der Waals surface area contributed by atoms with Crippen molar-refractivity contribution in [2.75, 3.05) is 0 Å². The van der Waals surface area contributed by atoms with Gasteiger partial charge in [-0.15, -0.1) is 0 Å². The Morgan fingerprint density at radius 1 is 1.17 bits per heavy atom. The van der Waals surface area contributed by atoms with Gasteiger partial charge in [-0.25, -0.2) is 0 Å². The molecule has 0 heterocycles. The van der Waals surface area contributed by atoms with E-state index < -0.39 is 11.7 Å². The molecule has 0 amide bonds. The van der Waals surface area contributed by atoms with Crippen molar-refractivity contribution in [3.63, 3.8) is 0 Å². The summed E-state index contributed by atoms with van der Waals surface area (Å²) in [5, 5.41) is 20.6. The zero-order chi connectivity index (χ0) is 16.9. The Hall–Kier alpha value is -3.01. The molecule has 4 nitrogen and oxygen atoms in total. The fourth-order valence-electron chi connectivity index (χ4n) is 1.94. The van der Waals surface area contributed by atoms with E-state index in [4.69, 9.17) is 15.2 Å². The van der Waals surface area contributed by atoms with Gasteiger partial charge >= 0.3 is 6.18 Å². The van der Waals surface area contributed by atoms with Crippen LogP contribution in [0.15, 0.2) is 53.7 Å². The molecule has 0 saturated carbocycles. The van der Waals surface area contributed by atoms with Crippen LogP contribution < -0.4 is 4.74 Å². The van der Waals surface area contributed by atoms with E-state index >= 15 is 0 Å². The van der Waals surface area contributed by atoms with Gasteiger partial charge in [-0.3, -0.25) is 0 Å². The van der Waals surface area contributed by atoms with Crippen LogP contribution in [0.25, 0.3) is 0 Å². The van der Waals surface area contributed by atoms with Crippen molar-refractivity contribution in [2.45, 2.75) is 12.8 Å². The van der Waals surface area contributed by atoms with Gasteiger partial charge in [0.1, 0.15) is 18.4 Å². The van der Waals surface area contributed by atoms with Crippen LogP contribution in [-0.4, -0.2) is 10.9 Å². The van der Waals surface area contributed by atoms with Gasteiger partial charge < -0.3 is 9.94 Å². The van der Waals surface area contributed by atoms with Crippen LogP contribution in [0.2, 0.25) is 0 Å². The maximum absolute atomic E-state index is 12.7. The summed E-state index contributed by atoms with van der Waals surface area (Å²) < 4.78 is 43.3. The summed E-state index contributed by atoms with van der Waals surface area (Å²) in [6, 6.07) is 12.8. The topological polar surface area (TPSA) is 65.6 Å². The van der Waals surface area contributed by atoms with E-state index in [0.717, 1.165) is 12.1 Å². The van der Waals surface area contributed by atoms with Crippen LogP contribution in [0.5, 0.6) is 5.75 Å². The second-order valence-corrected chi connectivity index (χ2v) is 4.53. The normalized spacial score (nSPS) is 11.8. The van der Waals surface area contributed by atoms with Gasteiger partial charge in [0.05, 0.1) is 5.56 Å². The summed E-state index contributed by atoms with van der Waals surface area (Å²) in [7, 11) is 0. The minimum absolute atomic E-state index is 0.0501. The lowest BCUT2D eigenvalue weighted by Gasteiger charge is -2.12. The molecule has 0 saturated heterocycles. The largest absolute Gasteiger partial charge is 0.489 e. The first-order valence-electron chi connectivity index (χ1n) is 6.46. The van der Waals surface area contributed by atoms with Gasteiger partial charge in [-0.1, -0.05) is 35.5 Å². The van der Waals surface area contributed by atoms with Crippen molar-refractivity contribution in [1.29, 1.82) is 5.26 Å². The summed E-state index contributed by atoms with van der Waals surface area (Å²) >= 11 is 0. The highest BCUT2D eigenvalue weighted by molar-refractivity contribution is 6.12. The molecule has 2 aromatic rings. The molecule has 2 rings (SSSR count). The molecule has 0 aromatic heterocycles. The molecule has 0 radical (unpaired) electrons. The van der Waals surface area contributed by atoms with Crippen molar-refractivity contribution in [1.82, 2.24) is 0 Å². The maximum atomic E-state index is 12.7. The summed E-state index contributed by atoms with van der Waals surface area (Å²) in [6.45, 7) is -0.0712. The van der Waals surface area contributed by atoms with Crippen LogP contribution >= 0.6 is 0 Å². The first kappa shape index (κ1) is 16.4. The summed E-state index contributed by atoms with van der Waals surface area (Å²) in [5.74, 6) is 0.0501. The Balaban J connectivity index is 2.21. The predicted octanol–water partition coefficient (Wildman–Crippen LogP) is 3.99. The van der Waals surface area contributed by atoms with E-state index in [1.165, 1.54) is 12.1 Å². The second kappa shape index (κ2) is 6.83. The zero-order valence-electron chi connectivity index (χ0n) is 11.7. The van der Waals surface area contributed by atoms with Crippen LogP contribution in [0.1, 0.15) is 16.7 Å². The minimum Gasteiger partial charge on any atom is -0.489 e. The fraction of sp³-hybridized carbons (Fsp3) is 0.125. The van der Waals surface area contributed by atoms with Crippen LogP contribution in [-0.2, 0) is 12.8 Å². The molecule has 2 aromatic carbocycles. The molecule has 0 spiro atoms. The van der Waals surface area contributed by atoms with E-state index in [1.54, 1.807) is 30.3 Å². The third kappa shape index (κ3) is 4.01. The molecule has 0 fully saturated rings. The number of benzene rings is 2. The van der Waals surface area contributed by atoms with Crippen molar-refractivity contribution >= 4 is 5.71 Å². The maximum Gasteiger partial charge on any atom is 0.416 e. The Kier molecular flexibility index (Phi) is 4.86. The van der Waals surface area contributed by atoms with Gasteiger partial charge in [-0.2, -0.15) is 18.4 Å². The Labute approximate surface area is 130 Å². The van der Waals surface area contributed by atoms with E-state index in [-0.39, 0.29) is 18.1 Å². The first-order valence-corrected chi connectivity index (χ1v) is 6.46. The third-order valence-electron chi connectivity index (χ3n) is 3.03. The van der Waals surface area contributed by atoms with Crippen LogP contribution in [0.4, 0.5) is 13.2 Å². The Bertz CT molecular complexity index is 764. The smallest absolute Gasteiger partial charge is 0.416 e. The molecular weight excluding hydrogens is 309 g/mol. The number of hydrogen-bond donors (Lipinski definition) is 1. The highest BCUT2D eigenvalue weighted by atomic mass is 19.4. The van der Waals surface area contributed by atoms with Crippen molar-refractivity contribution in [2.24, 2.45) is 5.16 Å². The molecule has 0 atom stereocenters. The highest BCUT2D eigenvalue weighted by Gasteiger charge is 2.30. The number of nitriles is 1. The monoisotopic (exact) mass is 320 g/mol. The number of ether oxygens (including phenoxy) is 1. The summed E-state index contributed by atoms with van der Waals surface area (Å²) in [4.78, 5) is 0. The number of hydrogen-bond acceptors (Lipinski definition) is 4. The van der Waals surface area contributed by atoms with Crippen molar-refractivity contribution < 1.29 is 23.1 Å². The van der Waals surface area contributed by atoms with Gasteiger partial charge in [0.15, 0.2) is 5.71 Å². The van der Waals surface area contributed by atoms with Gasteiger partial charge in [0, 0.05) is 5.56 Å². The average Bonchev–Trinajstić information content (AvgIpc) is 2.54. The van der Waals surface area contributed by atoms with Crippen LogP contribution in [0.3, 0.4) is 0 Å². The summed E-state index contributed by atoms with van der Waals surface area (Å²) in [5.41, 5.74) is -0.144. The van der Waals surface area contributed by atoms with Gasteiger partial charge in [0.2, 0.25) is 0 Å². The fourth-order valence-corrected chi connectivity index (χ4v) is 1.94. The zero-order valence-corrected chi connectivity index (χ0v) is 11.7. The number of halogens is 3. The highest BCUT2D eigenvalue weighted by Crippen LogP contribution is 2.31. The molecule has 0 aliphatic rings. The molecular formula is C16H11F3N2O2. The standard InChI is InChI=1S/C16H11F3N2O2/c17-16(18,19)12-5-3-6-13(8-12)23-10-11-4-1-2-7-14(11)15(9-20)21-22/h1-8,22H,10H2. The number of nitrogens with zero attached hydrogens (tertiary/aromatic N) is 2. The molecule has 1 N–H and O–H groups in total.